The lowest BCUT2D eigenvalue weighted by Crippen LogP contribution is -2.60. The van der Waals surface area contributed by atoms with E-state index in [0.717, 1.165) is 64.2 Å². The third kappa shape index (κ3) is 21.0. The number of allylic oxidation sites excluding steroid dienone is 7. The Labute approximate surface area is 284 Å². The van der Waals surface area contributed by atoms with Crippen molar-refractivity contribution in [2.24, 2.45) is 0 Å². The second-order valence-corrected chi connectivity index (χ2v) is 12.6. The van der Waals surface area contributed by atoms with Crippen molar-refractivity contribution in [2.75, 3.05) is 13.2 Å². The minimum Gasteiger partial charge on any atom is -0.394 e. The van der Waals surface area contributed by atoms with Gasteiger partial charge in [-0.3, -0.25) is 4.79 Å². The molecule has 1 aliphatic rings. The molecule has 0 radical (unpaired) electrons. The fraction of sp³-hybridized carbons (Fsp3) is 0.763. The topological polar surface area (TPSA) is 149 Å². The number of aliphatic hydroxyl groups excluding tert-OH is 5. The van der Waals surface area contributed by atoms with Crippen LogP contribution in [0.25, 0.3) is 0 Å². The first-order valence-electron chi connectivity index (χ1n) is 18.4. The zero-order valence-corrected chi connectivity index (χ0v) is 29.3. The van der Waals surface area contributed by atoms with Crippen molar-refractivity contribution < 1.29 is 39.8 Å². The highest BCUT2D eigenvalue weighted by Crippen LogP contribution is 2.22. The van der Waals surface area contributed by atoms with Crippen molar-refractivity contribution in [1.82, 2.24) is 5.32 Å². The first-order chi connectivity index (χ1) is 22.8. The van der Waals surface area contributed by atoms with E-state index in [2.05, 4.69) is 55.6 Å². The number of rotatable bonds is 28. The fourth-order valence-electron chi connectivity index (χ4n) is 5.32. The van der Waals surface area contributed by atoms with Gasteiger partial charge in [-0.05, 0) is 64.2 Å². The Morgan fingerprint density at radius 3 is 1.91 bits per heavy atom. The summed E-state index contributed by atoms with van der Waals surface area (Å²) in [6, 6.07) is -0.825. The molecule has 0 spiro atoms. The normalized spacial score (nSPS) is 23.4. The van der Waals surface area contributed by atoms with Crippen molar-refractivity contribution in [2.45, 2.75) is 172 Å². The van der Waals surface area contributed by atoms with Gasteiger partial charge in [0, 0.05) is 6.42 Å². The van der Waals surface area contributed by atoms with Crippen LogP contribution in [0.5, 0.6) is 0 Å². The number of aliphatic hydroxyl groups is 5. The monoisotopic (exact) mass is 665 g/mol. The van der Waals surface area contributed by atoms with Gasteiger partial charge < -0.3 is 40.3 Å². The van der Waals surface area contributed by atoms with Crippen LogP contribution < -0.4 is 5.32 Å². The van der Waals surface area contributed by atoms with Crippen LogP contribution in [0.3, 0.4) is 0 Å². The van der Waals surface area contributed by atoms with E-state index in [-0.39, 0.29) is 12.5 Å². The number of unbranched alkanes of at least 4 members (excludes halogenated alkanes) is 12. The van der Waals surface area contributed by atoms with Crippen molar-refractivity contribution in [1.29, 1.82) is 0 Å². The van der Waals surface area contributed by atoms with Crippen LogP contribution >= 0.6 is 0 Å². The van der Waals surface area contributed by atoms with Crippen LogP contribution in [0.1, 0.15) is 129 Å². The Morgan fingerprint density at radius 1 is 0.723 bits per heavy atom. The molecule has 1 rings (SSSR count). The van der Waals surface area contributed by atoms with Gasteiger partial charge >= 0.3 is 0 Å². The van der Waals surface area contributed by atoms with Crippen molar-refractivity contribution in [3.05, 3.63) is 48.6 Å². The molecule has 9 heteroatoms. The molecule has 0 aromatic carbocycles. The highest BCUT2D eigenvalue weighted by Gasteiger charge is 2.44. The molecule has 272 valence electrons. The quantitative estimate of drug-likeness (QED) is 0.0445. The molecule has 0 bridgehead atoms. The molecule has 47 heavy (non-hydrogen) atoms. The Bertz CT molecular complexity index is 874. The summed E-state index contributed by atoms with van der Waals surface area (Å²) in [5.74, 6) is -0.208. The molecule has 7 atom stereocenters. The zero-order valence-electron chi connectivity index (χ0n) is 29.3. The van der Waals surface area contributed by atoms with Crippen molar-refractivity contribution >= 4 is 5.91 Å². The predicted octanol–water partition coefficient (Wildman–Crippen LogP) is 5.94. The van der Waals surface area contributed by atoms with E-state index in [9.17, 15) is 30.3 Å². The van der Waals surface area contributed by atoms with E-state index in [1.165, 1.54) is 44.9 Å². The summed E-state index contributed by atoms with van der Waals surface area (Å²) < 4.78 is 11.1. The van der Waals surface area contributed by atoms with Crippen LogP contribution in [-0.4, -0.2) is 87.5 Å². The lowest BCUT2D eigenvalue weighted by atomic mass is 9.99. The number of hydrogen-bond acceptors (Lipinski definition) is 8. The Kier molecular flexibility index (Phi) is 26.7. The highest BCUT2D eigenvalue weighted by atomic mass is 16.7. The zero-order chi connectivity index (χ0) is 34.5. The maximum atomic E-state index is 12.8. The Hall–Kier alpha value is -1.85. The SMILES string of the molecule is CCCCC/C=C\C/C=C\CCCCCCCC(=O)NC(COC1OC(CO)C(O)C(O)C1O)C(O)/C=C/CC/C=C/CCCCC. The van der Waals surface area contributed by atoms with Gasteiger partial charge in [0.25, 0.3) is 0 Å². The van der Waals surface area contributed by atoms with Gasteiger partial charge in [-0.2, -0.15) is 0 Å². The summed E-state index contributed by atoms with van der Waals surface area (Å²) in [7, 11) is 0. The number of ether oxygens (including phenoxy) is 2. The summed E-state index contributed by atoms with van der Waals surface area (Å²) in [5, 5.41) is 53.7. The van der Waals surface area contributed by atoms with Gasteiger partial charge in [-0.1, -0.05) is 107 Å². The van der Waals surface area contributed by atoms with E-state index in [4.69, 9.17) is 9.47 Å². The summed E-state index contributed by atoms with van der Waals surface area (Å²) in [6.07, 6.45) is 27.3. The predicted molar refractivity (Wildman–Crippen MR) is 189 cm³/mol. The standard InChI is InChI=1S/C38H67NO8/c1-3-5-7-9-11-13-14-15-16-17-18-20-22-24-26-28-34(42)39-31(32(41)27-25-23-21-19-12-10-8-6-4-2)30-46-38-37(45)36(44)35(43)33(29-40)47-38/h11-13,15-16,19,25,27,31-33,35-38,40-41,43-45H,3-10,14,17-18,20-24,26,28-30H2,1-2H3,(H,39,42)/b13-11-,16-15-,19-12+,27-25+. The molecule has 1 heterocycles. The Morgan fingerprint density at radius 2 is 1.28 bits per heavy atom. The molecule has 7 unspecified atom stereocenters. The van der Waals surface area contributed by atoms with Crippen LogP contribution in [0.15, 0.2) is 48.6 Å². The van der Waals surface area contributed by atoms with Gasteiger partial charge in [0.15, 0.2) is 6.29 Å². The second-order valence-electron chi connectivity index (χ2n) is 12.6. The molecule has 1 saturated heterocycles. The summed E-state index contributed by atoms with van der Waals surface area (Å²) >= 11 is 0. The first kappa shape index (κ1) is 43.2. The van der Waals surface area contributed by atoms with E-state index in [0.29, 0.717) is 6.42 Å². The molecule has 0 aromatic rings. The maximum absolute atomic E-state index is 12.8. The molecule has 0 aromatic heterocycles. The van der Waals surface area contributed by atoms with Gasteiger partial charge in [-0.15, -0.1) is 0 Å². The number of carbonyl (C=O) groups excluding carboxylic acids is 1. The van der Waals surface area contributed by atoms with Gasteiger partial charge in [0.05, 0.1) is 25.4 Å². The van der Waals surface area contributed by atoms with Crippen molar-refractivity contribution in [3.8, 4) is 0 Å². The molecule has 1 aliphatic heterocycles. The van der Waals surface area contributed by atoms with E-state index in [1.807, 2.05) is 6.08 Å². The average Bonchev–Trinajstić information content (AvgIpc) is 3.07. The van der Waals surface area contributed by atoms with Crippen LogP contribution in [0.4, 0.5) is 0 Å². The van der Waals surface area contributed by atoms with Crippen LogP contribution in [-0.2, 0) is 14.3 Å². The minimum atomic E-state index is -1.57. The summed E-state index contributed by atoms with van der Waals surface area (Å²) in [6.45, 7) is 3.62. The number of amides is 1. The number of carbonyl (C=O) groups is 1. The van der Waals surface area contributed by atoms with E-state index in [1.54, 1.807) is 6.08 Å². The molecule has 6 N–H and O–H groups in total. The van der Waals surface area contributed by atoms with Crippen LogP contribution in [0.2, 0.25) is 0 Å². The molecule has 1 amide bonds. The molecule has 1 fully saturated rings. The lowest BCUT2D eigenvalue weighted by Gasteiger charge is -2.40. The summed E-state index contributed by atoms with van der Waals surface area (Å²) in [5.41, 5.74) is 0. The largest absolute Gasteiger partial charge is 0.394 e. The van der Waals surface area contributed by atoms with Crippen LogP contribution in [0, 0.1) is 0 Å². The minimum absolute atomic E-state index is 0.208. The van der Waals surface area contributed by atoms with E-state index >= 15 is 0 Å². The van der Waals surface area contributed by atoms with Gasteiger partial charge in [-0.25, -0.2) is 0 Å². The van der Waals surface area contributed by atoms with Crippen molar-refractivity contribution in [3.63, 3.8) is 0 Å². The smallest absolute Gasteiger partial charge is 0.220 e. The molecule has 9 nitrogen and oxygen atoms in total. The molecular formula is C38H67NO8. The number of hydrogen-bond donors (Lipinski definition) is 6. The maximum Gasteiger partial charge on any atom is 0.220 e. The van der Waals surface area contributed by atoms with E-state index < -0.39 is 49.5 Å². The third-order valence-corrected chi connectivity index (χ3v) is 8.38. The molecule has 0 saturated carbocycles. The second kappa shape index (κ2) is 29.1. The molecular weight excluding hydrogens is 598 g/mol. The van der Waals surface area contributed by atoms with Gasteiger partial charge in [0.1, 0.15) is 24.4 Å². The highest BCUT2D eigenvalue weighted by molar-refractivity contribution is 5.76. The Balaban J connectivity index is 2.48. The summed E-state index contributed by atoms with van der Waals surface area (Å²) in [4.78, 5) is 12.8. The number of nitrogens with one attached hydrogen (secondary N) is 1. The fourth-order valence-corrected chi connectivity index (χ4v) is 5.32. The average molecular weight is 666 g/mol. The first-order valence-corrected chi connectivity index (χ1v) is 18.4. The third-order valence-electron chi connectivity index (χ3n) is 8.38. The lowest BCUT2D eigenvalue weighted by molar-refractivity contribution is -0.302. The molecule has 0 aliphatic carbocycles. The van der Waals surface area contributed by atoms with Gasteiger partial charge in [0.2, 0.25) is 5.91 Å².